The highest BCUT2D eigenvalue weighted by Crippen LogP contribution is 2.39. The smallest absolute Gasteiger partial charge is 0.258 e. The first-order valence-corrected chi connectivity index (χ1v) is 8.70. The van der Waals surface area contributed by atoms with Gasteiger partial charge in [0.25, 0.3) is 5.91 Å². The van der Waals surface area contributed by atoms with E-state index in [1.807, 2.05) is 12.1 Å². The Hall–Kier alpha value is -3.88. The zero-order valence-electron chi connectivity index (χ0n) is 16.3. The average molecular weight is 395 g/mol. The van der Waals surface area contributed by atoms with Gasteiger partial charge in [-0.05, 0) is 11.6 Å². The Morgan fingerprint density at radius 1 is 1.00 bits per heavy atom. The molecule has 3 aromatic rings. The molecule has 0 bridgehead atoms. The largest absolute Gasteiger partial charge is 0.493 e. The van der Waals surface area contributed by atoms with E-state index < -0.39 is 0 Å². The molecule has 0 aliphatic carbocycles. The number of hydrogen-bond acceptors (Lipinski definition) is 8. The first kappa shape index (κ1) is 19.9. The van der Waals surface area contributed by atoms with E-state index in [2.05, 4.69) is 25.6 Å². The highest BCUT2D eigenvalue weighted by molar-refractivity contribution is 6.04. The van der Waals surface area contributed by atoms with Crippen molar-refractivity contribution in [3.8, 4) is 17.2 Å². The van der Waals surface area contributed by atoms with Crippen molar-refractivity contribution in [1.82, 2.24) is 15.0 Å². The topological polar surface area (TPSA) is 107 Å². The molecule has 9 heteroatoms. The van der Waals surface area contributed by atoms with Gasteiger partial charge in [0.05, 0.1) is 26.9 Å². The second kappa shape index (κ2) is 9.36. The molecule has 0 aliphatic heterocycles. The van der Waals surface area contributed by atoms with E-state index in [1.54, 1.807) is 24.5 Å². The van der Waals surface area contributed by atoms with Crippen LogP contribution < -0.4 is 24.8 Å². The fraction of sp³-hybridized carbons (Fsp3) is 0.200. The molecule has 3 rings (SSSR count). The van der Waals surface area contributed by atoms with E-state index in [9.17, 15) is 4.79 Å². The molecule has 150 valence electrons. The minimum absolute atomic E-state index is 0.311. The van der Waals surface area contributed by atoms with Gasteiger partial charge in [-0.3, -0.25) is 9.78 Å². The molecule has 0 radical (unpaired) electrons. The van der Waals surface area contributed by atoms with Crippen molar-refractivity contribution < 1.29 is 19.0 Å². The van der Waals surface area contributed by atoms with Crippen molar-refractivity contribution in [2.45, 2.75) is 6.54 Å². The molecule has 9 nitrogen and oxygen atoms in total. The predicted molar refractivity (Wildman–Crippen MR) is 108 cm³/mol. The van der Waals surface area contributed by atoms with E-state index in [-0.39, 0.29) is 5.91 Å². The van der Waals surface area contributed by atoms with Crippen LogP contribution in [0.3, 0.4) is 0 Å². The highest BCUT2D eigenvalue weighted by atomic mass is 16.5. The van der Waals surface area contributed by atoms with Crippen LogP contribution in [0.1, 0.15) is 15.9 Å². The molecule has 2 N–H and O–H groups in total. The van der Waals surface area contributed by atoms with Crippen LogP contribution in [0.25, 0.3) is 0 Å². The zero-order chi connectivity index (χ0) is 20.6. The summed E-state index contributed by atoms with van der Waals surface area (Å²) in [4.78, 5) is 24.9. The van der Waals surface area contributed by atoms with E-state index in [4.69, 9.17) is 14.2 Å². The molecule has 2 heterocycles. The van der Waals surface area contributed by atoms with Crippen LogP contribution in [0.4, 0.5) is 11.6 Å². The van der Waals surface area contributed by atoms with Crippen LogP contribution in [-0.4, -0.2) is 42.2 Å². The minimum atomic E-state index is -0.363. The molecule has 0 spiro atoms. The fourth-order valence-corrected chi connectivity index (χ4v) is 2.58. The number of rotatable bonds is 8. The summed E-state index contributed by atoms with van der Waals surface area (Å²) in [6, 6.07) is 7.08. The maximum absolute atomic E-state index is 12.5. The molecule has 0 aliphatic rings. The van der Waals surface area contributed by atoms with Crippen molar-refractivity contribution >= 4 is 17.5 Å². The molecule has 1 aromatic carbocycles. The van der Waals surface area contributed by atoms with Crippen molar-refractivity contribution in [2.24, 2.45) is 0 Å². The van der Waals surface area contributed by atoms with Crippen LogP contribution in [0.5, 0.6) is 17.2 Å². The highest BCUT2D eigenvalue weighted by Gasteiger charge is 2.15. The van der Waals surface area contributed by atoms with E-state index in [1.165, 1.54) is 33.7 Å². The van der Waals surface area contributed by atoms with Gasteiger partial charge in [-0.1, -0.05) is 6.07 Å². The molecule has 2 aromatic heterocycles. The van der Waals surface area contributed by atoms with E-state index in [0.717, 1.165) is 5.56 Å². The Balaban J connectivity index is 1.68. The molecule has 0 saturated carbocycles. The lowest BCUT2D eigenvalue weighted by molar-refractivity contribution is 0.102. The van der Waals surface area contributed by atoms with E-state index in [0.29, 0.717) is 41.0 Å². The monoisotopic (exact) mass is 395 g/mol. The summed E-state index contributed by atoms with van der Waals surface area (Å²) >= 11 is 0. The van der Waals surface area contributed by atoms with Crippen molar-refractivity contribution in [3.63, 3.8) is 0 Å². The minimum Gasteiger partial charge on any atom is -0.493 e. The fourth-order valence-electron chi connectivity index (χ4n) is 2.58. The Morgan fingerprint density at radius 2 is 1.69 bits per heavy atom. The van der Waals surface area contributed by atoms with Gasteiger partial charge in [-0.2, -0.15) is 0 Å². The van der Waals surface area contributed by atoms with Gasteiger partial charge in [-0.15, -0.1) is 0 Å². The summed E-state index contributed by atoms with van der Waals surface area (Å²) in [5.41, 5.74) is 1.80. The summed E-state index contributed by atoms with van der Waals surface area (Å²) in [5.74, 6) is 1.37. The molecular weight excluding hydrogens is 374 g/mol. The quantitative estimate of drug-likeness (QED) is 0.600. The van der Waals surface area contributed by atoms with Crippen molar-refractivity contribution in [1.29, 1.82) is 0 Å². The lowest BCUT2D eigenvalue weighted by Crippen LogP contribution is -2.14. The number of methoxy groups -OCH3 is 3. The lowest BCUT2D eigenvalue weighted by atomic mass is 10.2. The van der Waals surface area contributed by atoms with Crippen LogP contribution in [-0.2, 0) is 6.54 Å². The maximum atomic E-state index is 12.5. The number of hydrogen-bond donors (Lipinski definition) is 2. The van der Waals surface area contributed by atoms with Gasteiger partial charge < -0.3 is 24.8 Å². The second-order valence-electron chi connectivity index (χ2n) is 5.88. The van der Waals surface area contributed by atoms with Gasteiger partial charge in [0.2, 0.25) is 11.7 Å². The number of nitrogens with zero attached hydrogens (tertiary/aromatic N) is 3. The summed E-state index contributed by atoms with van der Waals surface area (Å²) in [6.45, 7) is 0.533. The Kier molecular flexibility index (Phi) is 6.41. The number of benzene rings is 1. The van der Waals surface area contributed by atoms with Gasteiger partial charge in [0, 0.05) is 49.2 Å². The summed E-state index contributed by atoms with van der Waals surface area (Å²) in [5, 5.41) is 5.85. The Bertz CT molecular complexity index is 939. The number of anilines is 2. The van der Waals surface area contributed by atoms with E-state index >= 15 is 0 Å². The van der Waals surface area contributed by atoms with Gasteiger partial charge in [0.15, 0.2) is 11.5 Å². The third kappa shape index (κ3) is 4.89. The third-order valence-electron chi connectivity index (χ3n) is 4.01. The van der Waals surface area contributed by atoms with Gasteiger partial charge in [0.1, 0.15) is 0 Å². The zero-order valence-corrected chi connectivity index (χ0v) is 16.3. The number of aromatic nitrogens is 3. The first-order valence-electron chi connectivity index (χ1n) is 8.70. The molecule has 0 atom stereocenters. The third-order valence-corrected chi connectivity index (χ3v) is 4.01. The Labute approximate surface area is 168 Å². The predicted octanol–water partition coefficient (Wildman–Crippen LogP) is 2.76. The number of amides is 1. The van der Waals surface area contributed by atoms with Crippen molar-refractivity contribution in [2.75, 3.05) is 32.0 Å². The number of carbonyl (C=O) groups is 1. The number of pyridine rings is 1. The molecule has 0 saturated heterocycles. The average Bonchev–Trinajstić information content (AvgIpc) is 2.77. The van der Waals surface area contributed by atoms with Gasteiger partial charge >= 0.3 is 0 Å². The number of carbonyl (C=O) groups excluding carboxylic acids is 1. The standard InChI is InChI=1S/C20H21N5O4/c1-27-16-7-15(8-17(28-2)18(16)29-3)25-19(26)14-11-23-20(24-12-14)22-10-13-5-4-6-21-9-13/h4-9,11-12H,10H2,1-3H3,(H,25,26)(H,22,23,24). The van der Waals surface area contributed by atoms with Crippen LogP contribution in [0.2, 0.25) is 0 Å². The normalized spacial score (nSPS) is 10.2. The van der Waals surface area contributed by atoms with Crippen molar-refractivity contribution in [3.05, 3.63) is 60.2 Å². The summed E-state index contributed by atoms with van der Waals surface area (Å²) in [6.07, 6.45) is 6.37. The van der Waals surface area contributed by atoms with Gasteiger partial charge in [-0.25, -0.2) is 9.97 Å². The van der Waals surface area contributed by atoms with Crippen LogP contribution >= 0.6 is 0 Å². The molecular formula is C20H21N5O4. The first-order chi connectivity index (χ1) is 14.1. The molecule has 0 fully saturated rings. The lowest BCUT2D eigenvalue weighted by Gasteiger charge is -2.14. The SMILES string of the molecule is COc1cc(NC(=O)c2cnc(NCc3cccnc3)nc2)cc(OC)c1OC. The van der Waals surface area contributed by atoms with Crippen LogP contribution in [0, 0.1) is 0 Å². The van der Waals surface area contributed by atoms with Crippen LogP contribution in [0.15, 0.2) is 49.1 Å². The summed E-state index contributed by atoms with van der Waals surface area (Å²) in [7, 11) is 4.53. The molecule has 1 amide bonds. The number of nitrogens with one attached hydrogen (secondary N) is 2. The Morgan fingerprint density at radius 3 is 2.24 bits per heavy atom. The molecule has 29 heavy (non-hydrogen) atoms. The maximum Gasteiger partial charge on any atom is 0.258 e. The number of ether oxygens (including phenoxy) is 3. The summed E-state index contributed by atoms with van der Waals surface area (Å²) < 4.78 is 15.9. The molecule has 0 unspecified atom stereocenters. The second-order valence-corrected chi connectivity index (χ2v) is 5.88.